The monoisotopic (exact) mass is 618 g/mol. The second kappa shape index (κ2) is 12.1. The number of benzene rings is 2. The molecule has 0 saturated heterocycles. The van der Waals surface area contributed by atoms with Crippen molar-refractivity contribution in [3.63, 3.8) is 0 Å². The van der Waals surface area contributed by atoms with Gasteiger partial charge in [-0.3, -0.25) is 9.52 Å². The Bertz CT molecular complexity index is 1690. The molecule has 3 N–H and O–H groups in total. The minimum atomic E-state index is -4.50. The Labute approximate surface area is 245 Å². The third kappa shape index (κ3) is 6.56. The summed E-state index contributed by atoms with van der Waals surface area (Å²) in [5, 5.41) is 12.8. The summed E-state index contributed by atoms with van der Waals surface area (Å²) in [6.45, 7) is 1.07. The van der Waals surface area contributed by atoms with Crippen LogP contribution in [-0.4, -0.2) is 48.2 Å². The lowest BCUT2D eigenvalue weighted by Gasteiger charge is -2.25. The fourth-order valence-electron chi connectivity index (χ4n) is 4.68. The van der Waals surface area contributed by atoms with Crippen LogP contribution in [-0.2, 0) is 19.6 Å². The zero-order valence-electron chi connectivity index (χ0n) is 22.2. The van der Waals surface area contributed by atoms with Crippen molar-refractivity contribution in [1.29, 1.82) is 0 Å². The van der Waals surface area contributed by atoms with Crippen LogP contribution in [0.15, 0.2) is 41.6 Å². The van der Waals surface area contributed by atoms with Crippen molar-refractivity contribution in [3.8, 4) is 17.6 Å². The fraction of sp³-hybridized carbons (Fsp3) is 0.321. The van der Waals surface area contributed by atoms with Gasteiger partial charge < -0.3 is 19.9 Å². The first-order chi connectivity index (χ1) is 20.0. The van der Waals surface area contributed by atoms with Gasteiger partial charge in [-0.05, 0) is 49.9 Å². The summed E-state index contributed by atoms with van der Waals surface area (Å²) < 4.78 is 69.2. The first kappa shape index (κ1) is 29.5. The number of sulfonamides is 1. The summed E-state index contributed by atoms with van der Waals surface area (Å²) >= 11 is 6.13. The van der Waals surface area contributed by atoms with Crippen molar-refractivity contribution in [2.75, 3.05) is 16.6 Å². The minimum Gasteiger partial charge on any atom is -0.487 e. The van der Waals surface area contributed by atoms with Gasteiger partial charge in [-0.15, -0.1) is 0 Å². The maximum absolute atomic E-state index is 15.3. The number of anilines is 2. The molecule has 14 heteroatoms. The predicted octanol–water partition coefficient (Wildman–Crippen LogP) is 4.32. The molecule has 1 aliphatic carbocycles. The molecule has 2 aliphatic rings. The lowest BCUT2D eigenvalue weighted by molar-refractivity contribution is -0.147. The molecular weight excluding hydrogens is 594 g/mol. The highest BCUT2D eigenvalue weighted by atomic mass is 35.5. The molecule has 220 valence electrons. The standard InChI is InChI=1S/C28H25ClF2N4O6S/c1-15(36)41-24-14-40-27-21(24)10-17(29)11-25(27)42(38,39)35-23-9-8-22(30)20(26(23)31)7-2-16-12-32-28(33-13-16)34-18-3-5-19(37)6-4-18/h8-13,18-19,24,35,37H,3-6,14H2,1H3,(H,32,33,34). The smallest absolute Gasteiger partial charge is 0.303 e. The summed E-state index contributed by atoms with van der Waals surface area (Å²) in [7, 11) is -4.50. The summed E-state index contributed by atoms with van der Waals surface area (Å²) in [5.41, 5.74) is -0.707. The Morgan fingerprint density at radius 1 is 1.14 bits per heavy atom. The number of hydrogen-bond donors (Lipinski definition) is 3. The van der Waals surface area contributed by atoms with Crippen LogP contribution in [0.5, 0.6) is 5.75 Å². The summed E-state index contributed by atoms with van der Waals surface area (Å²) in [4.78, 5) is 19.4. The molecular formula is C28H25ClF2N4O6S. The van der Waals surface area contributed by atoms with E-state index in [0.29, 0.717) is 18.8 Å². The molecule has 1 saturated carbocycles. The van der Waals surface area contributed by atoms with Crippen LogP contribution in [0.4, 0.5) is 20.4 Å². The zero-order chi connectivity index (χ0) is 30.0. The van der Waals surface area contributed by atoms with Gasteiger partial charge in [0.05, 0.1) is 22.9 Å². The van der Waals surface area contributed by atoms with E-state index in [1.54, 1.807) is 0 Å². The quantitative estimate of drug-likeness (QED) is 0.272. The number of carbonyl (C=O) groups is 1. The molecule has 5 rings (SSSR count). The first-order valence-corrected chi connectivity index (χ1v) is 14.8. The molecule has 1 aliphatic heterocycles. The van der Waals surface area contributed by atoms with E-state index in [9.17, 15) is 22.7 Å². The third-order valence-electron chi connectivity index (χ3n) is 6.72. The summed E-state index contributed by atoms with van der Waals surface area (Å²) in [6, 6.07) is 4.46. The molecule has 2 heterocycles. The maximum Gasteiger partial charge on any atom is 0.303 e. The molecule has 2 aromatic carbocycles. The Morgan fingerprint density at radius 3 is 2.55 bits per heavy atom. The highest BCUT2D eigenvalue weighted by Crippen LogP contribution is 2.42. The van der Waals surface area contributed by atoms with Crippen molar-refractivity contribution in [3.05, 3.63) is 70.0 Å². The molecule has 42 heavy (non-hydrogen) atoms. The number of aliphatic hydroxyl groups excluding tert-OH is 1. The zero-order valence-corrected chi connectivity index (χ0v) is 23.7. The molecule has 1 aromatic heterocycles. The van der Waals surface area contributed by atoms with Gasteiger partial charge in [0, 0.05) is 35.9 Å². The maximum atomic E-state index is 15.3. The molecule has 0 spiro atoms. The van der Waals surface area contributed by atoms with Crippen LogP contribution in [0.2, 0.25) is 5.02 Å². The highest BCUT2D eigenvalue weighted by molar-refractivity contribution is 7.92. The van der Waals surface area contributed by atoms with Gasteiger partial charge >= 0.3 is 5.97 Å². The molecule has 1 fully saturated rings. The number of rotatable bonds is 6. The number of nitrogens with one attached hydrogen (secondary N) is 2. The molecule has 1 unspecified atom stereocenters. The van der Waals surface area contributed by atoms with Crippen molar-refractivity contribution in [2.24, 2.45) is 0 Å². The minimum absolute atomic E-state index is 0.0175. The molecule has 1 atom stereocenters. The van der Waals surface area contributed by atoms with E-state index in [-0.39, 0.29) is 40.7 Å². The van der Waals surface area contributed by atoms with Crippen LogP contribution < -0.4 is 14.8 Å². The number of aromatic nitrogens is 2. The van der Waals surface area contributed by atoms with E-state index >= 15 is 4.39 Å². The third-order valence-corrected chi connectivity index (χ3v) is 8.31. The van der Waals surface area contributed by atoms with Crippen LogP contribution in [0, 0.1) is 23.5 Å². The van der Waals surface area contributed by atoms with Crippen LogP contribution in [0.25, 0.3) is 0 Å². The van der Waals surface area contributed by atoms with E-state index in [1.807, 2.05) is 0 Å². The molecule has 0 radical (unpaired) electrons. The van der Waals surface area contributed by atoms with E-state index in [2.05, 4.69) is 31.8 Å². The highest BCUT2D eigenvalue weighted by Gasteiger charge is 2.34. The molecule has 10 nitrogen and oxygen atoms in total. The van der Waals surface area contributed by atoms with Crippen LogP contribution >= 0.6 is 11.6 Å². The SMILES string of the molecule is CC(=O)OC1COc2c1cc(Cl)cc2S(=O)(=O)Nc1ccc(F)c(C#Cc2cnc(NC3CCC(O)CC3)nc2)c1F. The average molecular weight is 619 g/mol. The second-order valence-electron chi connectivity index (χ2n) is 9.82. The number of fused-ring (bicyclic) bond motifs is 1. The van der Waals surface area contributed by atoms with Gasteiger partial charge in [0.15, 0.2) is 11.9 Å². The van der Waals surface area contributed by atoms with Gasteiger partial charge in [-0.1, -0.05) is 23.4 Å². The van der Waals surface area contributed by atoms with E-state index in [0.717, 1.165) is 31.0 Å². The van der Waals surface area contributed by atoms with Crippen molar-refractivity contribution < 1.29 is 36.6 Å². The van der Waals surface area contributed by atoms with Crippen molar-refractivity contribution in [1.82, 2.24) is 9.97 Å². The lowest BCUT2D eigenvalue weighted by atomic mass is 9.93. The Kier molecular flexibility index (Phi) is 8.49. The largest absolute Gasteiger partial charge is 0.487 e. The number of nitrogens with zero attached hydrogens (tertiary/aromatic N) is 2. The second-order valence-corrected chi connectivity index (χ2v) is 11.9. The number of ether oxygens (including phenoxy) is 2. The average Bonchev–Trinajstić information content (AvgIpc) is 3.33. The number of aliphatic hydroxyl groups is 1. The van der Waals surface area contributed by atoms with Gasteiger partial charge in [0.25, 0.3) is 10.0 Å². The van der Waals surface area contributed by atoms with Crippen molar-refractivity contribution >= 4 is 39.2 Å². The Hall–Kier alpha value is -3.99. The fourth-order valence-corrected chi connectivity index (χ4v) is 6.23. The van der Waals surface area contributed by atoms with Crippen LogP contribution in [0.1, 0.15) is 55.4 Å². The van der Waals surface area contributed by atoms with Gasteiger partial charge in [-0.25, -0.2) is 27.2 Å². The van der Waals surface area contributed by atoms with E-state index < -0.39 is 49.9 Å². The lowest BCUT2D eigenvalue weighted by Crippen LogP contribution is -2.28. The summed E-state index contributed by atoms with van der Waals surface area (Å²) in [5.74, 6) is 2.41. The Morgan fingerprint density at radius 2 is 1.86 bits per heavy atom. The van der Waals surface area contributed by atoms with Crippen molar-refractivity contribution in [2.45, 2.75) is 55.8 Å². The first-order valence-electron chi connectivity index (χ1n) is 12.9. The van der Waals surface area contributed by atoms with Crippen LogP contribution in [0.3, 0.4) is 0 Å². The van der Waals surface area contributed by atoms with Gasteiger partial charge in [0.2, 0.25) is 5.95 Å². The number of esters is 1. The normalized spacial score (nSPS) is 19.6. The van der Waals surface area contributed by atoms with E-state index in [4.69, 9.17) is 21.1 Å². The number of hydrogen-bond acceptors (Lipinski definition) is 9. The number of carbonyl (C=O) groups excluding carboxylic acids is 1. The van der Waals surface area contributed by atoms with Gasteiger partial charge in [-0.2, -0.15) is 0 Å². The van der Waals surface area contributed by atoms with E-state index in [1.165, 1.54) is 25.4 Å². The predicted molar refractivity (Wildman–Crippen MR) is 149 cm³/mol. The molecule has 0 amide bonds. The topological polar surface area (TPSA) is 140 Å². The number of halogens is 3. The molecule has 0 bridgehead atoms. The summed E-state index contributed by atoms with van der Waals surface area (Å²) in [6.07, 6.45) is 4.59. The Balaban J connectivity index is 1.36. The molecule has 3 aromatic rings. The van der Waals surface area contributed by atoms with Gasteiger partial charge in [0.1, 0.15) is 23.1 Å².